The molecule has 6 nitrogen and oxygen atoms in total. The fraction of sp³-hybridized carbons (Fsp3) is 0.591. The molecule has 3 rings (SSSR count). The molecule has 0 saturated carbocycles. The van der Waals surface area contributed by atoms with E-state index in [1.807, 2.05) is 54.0 Å². The molecule has 0 radical (unpaired) electrons. The number of carbonyl (C=O) groups is 3. The molecular weight excluding hydrogens is 354 g/mol. The van der Waals surface area contributed by atoms with Gasteiger partial charge < -0.3 is 14.7 Å². The molecule has 2 saturated heterocycles. The molecule has 0 spiro atoms. The minimum atomic E-state index is -0.358. The monoisotopic (exact) mass is 385 g/mol. The van der Waals surface area contributed by atoms with Crippen LogP contribution in [0.2, 0.25) is 0 Å². The van der Waals surface area contributed by atoms with Crippen LogP contribution in [0.25, 0.3) is 0 Å². The van der Waals surface area contributed by atoms with Crippen molar-refractivity contribution >= 4 is 17.7 Å². The van der Waals surface area contributed by atoms with E-state index >= 15 is 0 Å². The highest BCUT2D eigenvalue weighted by molar-refractivity contribution is 5.89. The normalized spacial score (nSPS) is 20.4. The molecule has 0 aliphatic carbocycles. The van der Waals surface area contributed by atoms with E-state index in [1.54, 1.807) is 4.90 Å². The van der Waals surface area contributed by atoms with Crippen molar-refractivity contribution in [3.63, 3.8) is 0 Å². The highest BCUT2D eigenvalue weighted by atomic mass is 16.2. The van der Waals surface area contributed by atoms with Gasteiger partial charge in [-0.1, -0.05) is 44.2 Å². The van der Waals surface area contributed by atoms with E-state index in [0.29, 0.717) is 39.1 Å². The average molecular weight is 386 g/mol. The summed E-state index contributed by atoms with van der Waals surface area (Å²) in [6.45, 7) is 6.94. The van der Waals surface area contributed by atoms with Gasteiger partial charge in [-0.25, -0.2) is 0 Å². The van der Waals surface area contributed by atoms with Crippen LogP contribution in [-0.2, 0) is 20.8 Å². The third-order valence-electron chi connectivity index (χ3n) is 5.67. The highest BCUT2D eigenvalue weighted by Gasteiger charge is 2.37. The van der Waals surface area contributed by atoms with Gasteiger partial charge in [-0.2, -0.15) is 0 Å². The molecule has 0 aromatic heterocycles. The van der Waals surface area contributed by atoms with Gasteiger partial charge in [0.05, 0.1) is 6.42 Å². The summed E-state index contributed by atoms with van der Waals surface area (Å²) < 4.78 is 0. The van der Waals surface area contributed by atoms with Crippen LogP contribution in [0, 0.1) is 5.92 Å². The van der Waals surface area contributed by atoms with Crippen LogP contribution in [0.15, 0.2) is 30.3 Å². The van der Waals surface area contributed by atoms with Crippen molar-refractivity contribution in [3.8, 4) is 0 Å². The summed E-state index contributed by atoms with van der Waals surface area (Å²) in [5.41, 5.74) is 0.975. The Morgan fingerprint density at radius 1 is 0.929 bits per heavy atom. The quantitative estimate of drug-likeness (QED) is 0.796. The smallest absolute Gasteiger partial charge is 0.245 e. The maximum absolute atomic E-state index is 13.2. The van der Waals surface area contributed by atoms with Gasteiger partial charge in [-0.15, -0.1) is 0 Å². The first-order valence-corrected chi connectivity index (χ1v) is 10.4. The Kier molecular flexibility index (Phi) is 6.70. The summed E-state index contributed by atoms with van der Waals surface area (Å²) in [5, 5.41) is 0. The minimum Gasteiger partial charge on any atom is -0.341 e. The number of nitrogens with zero attached hydrogens (tertiary/aromatic N) is 3. The Balaban J connectivity index is 1.61. The van der Waals surface area contributed by atoms with Crippen LogP contribution in [0.1, 0.15) is 38.7 Å². The molecule has 152 valence electrons. The molecule has 0 bridgehead atoms. The predicted octanol–water partition coefficient (Wildman–Crippen LogP) is 1.94. The van der Waals surface area contributed by atoms with E-state index in [1.165, 1.54) is 0 Å². The van der Waals surface area contributed by atoms with Crippen LogP contribution < -0.4 is 0 Å². The van der Waals surface area contributed by atoms with Crippen LogP contribution in [0.3, 0.4) is 0 Å². The van der Waals surface area contributed by atoms with Crippen molar-refractivity contribution in [3.05, 3.63) is 35.9 Å². The molecular formula is C22H31N3O3. The molecule has 1 aromatic carbocycles. The lowest BCUT2D eigenvalue weighted by molar-refractivity contribution is -0.143. The standard InChI is InChI=1S/C22H31N3O3/c1-17(2)21(27)23-11-7-12-24(15-14-23)22(28)19-10-6-13-25(19)20(26)16-18-8-4-3-5-9-18/h3-5,8-9,17,19H,6-7,10-16H2,1-2H3. The van der Waals surface area contributed by atoms with Gasteiger partial charge in [-0.05, 0) is 24.8 Å². The number of amides is 3. The van der Waals surface area contributed by atoms with Crippen LogP contribution >= 0.6 is 0 Å². The number of likely N-dealkylation sites (tertiary alicyclic amines) is 1. The van der Waals surface area contributed by atoms with E-state index in [2.05, 4.69) is 0 Å². The maximum atomic E-state index is 13.2. The maximum Gasteiger partial charge on any atom is 0.245 e. The highest BCUT2D eigenvalue weighted by Crippen LogP contribution is 2.22. The SMILES string of the molecule is CC(C)C(=O)N1CCCN(C(=O)C2CCCN2C(=O)Cc2ccccc2)CC1. The summed E-state index contributed by atoms with van der Waals surface area (Å²) in [7, 11) is 0. The molecule has 6 heteroatoms. The van der Waals surface area contributed by atoms with Gasteiger partial charge in [0.15, 0.2) is 0 Å². The molecule has 1 unspecified atom stereocenters. The van der Waals surface area contributed by atoms with Crippen LogP contribution in [0.5, 0.6) is 0 Å². The number of benzene rings is 1. The van der Waals surface area contributed by atoms with Gasteiger partial charge in [0.25, 0.3) is 0 Å². The molecule has 1 aromatic rings. The van der Waals surface area contributed by atoms with E-state index in [-0.39, 0.29) is 29.7 Å². The number of carbonyl (C=O) groups excluding carboxylic acids is 3. The molecule has 0 N–H and O–H groups in total. The van der Waals surface area contributed by atoms with Crippen molar-refractivity contribution in [1.82, 2.24) is 14.7 Å². The second kappa shape index (κ2) is 9.22. The van der Waals surface area contributed by atoms with E-state index < -0.39 is 0 Å². The Bertz CT molecular complexity index is 704. The second-order valence-corrected chi connectivity index (χ2v) is 8.07. The summed E-state index contributed by atoms with van der Waals surface area (Å²) >= 11 is 0. The summed E-state index contributed by atoms with van der Waals surface area (Å²) in [6.07, 6.45) is 2.71. The molecule has 2 aliphatic heterocycles. The lowest BCUT2D eigenvalue weighted by Crippen LogP contribution is -2.49. The van der Waals surface area contributed by atoms with Gasteiger partial charge >= 0.3 is 0 Å². The Morgan fingerprint density at radius 3 is 2.32 bits per heavy atom. The zero-order valence-corrected chi connectivity index (χ0v) is 17.0. The predicted molar refractivity (Wildman–Crippen MR) is 107 cm³/mol. The topological polar surface area (TPSA) is 60.9 Å². The number of rotatable bonds is 4. The van der Waals surface area contributed by atoms with Gasteiger partial charge in [-0.3, -0.25) is 14.4 Å². The third-order valence-corrected chi connectivity index (χ3v) is 5.67. The first-order chi connectivity index (χ1) is 13.5. The van der Waals surface area contributed by atoms with Crippen molar-refractivity contribution in [2.75, 3.05) is 32.7 Å². The number of hydrogen-bond donors (Lipinski definition) is 0. The van der Waals surface area contributed by atoms with Crippen molar-refractivity contribution in [1.29, 1.82) is 0 Å². The Morgan fingerprint density at radius 2 is 1.61 bits per heavy atom. The van der Waals surface area contributed by atoms with Crippen LogP contribution in [-0.4, -0.2) is 71.2 Å². The Hall–Kier alpha value is -2.37. The van der Waals surface area contributed by atoms with E-state index in [4.69, 9.17) is 0 Å². The fourth-order valence-electron chi connectivity index (χ4n) is 4.13. The van der Waals surface area contributed by atoms with E-state index in [0.717, 1.165) is 24.8 Å². The first-order valence-electron chi connectivity index (χ1n) is 10.4. The Labute approximate surface area is 167 Å². The molecule has 2 aliphatic rings. The summed E-state index contributed by atoms with van der Waals surface area (Å²) in [6, 6.07) is 9.32. The molecule has 2 heterocycles. The zero-order chi connectivity index (χ0) is 20.1. The fourth-order valence-corrected chi connectivity index (χ4v) is 4.13. The van der Waals surface area contributed by atoms with Crippen molar-refractivity contribution in [2.24, 2.45) is 5.92 Å². The minimum absolute atomic E-state index is 0.0217. The lowest BCUT2D eigenvalue weighted by Gasteiger charge is -2.30. The van der Waals surface area contributed by atoms with Gasteiger partial charge in [0.1, 0.15) is 6.04 Å². The second-order valence-electron chi connectivity index (χ2n) is 8.07. The average Bonchev–Trinajstić information content (AvgIpc) is 3.05. The summed E-state index contributed by atoms with van der Waals surface area (Å²) in [5.74, 6) is 0.184. The lowest BCUT2D eigenvalue weighted by atomic mass is 10.1. The van der Waals surface area contributed by atoms with Gasteiger partial charge in [0, 0.05) is 38.6 Å². The first kappa shape index (κ1) is 20.4. The zero-order valence-electron chi connectivity index (χ0n) is 17.0. The summed E-state index contributed by atoms with van der Waals surface area (Å²) in [4.78, 5) is 43.7. The molecule has 2 fully saturated rings. The number of hydrogen-bond acceptors (Lipinski definition) is 3. The van der Waals surface area contributed by atoms with E-state index in [9.17, 15) is 14.4 Å². The largest absolute Gasteiger partial charge is 0.341 e. The van der Waals surface area contributed by atoms with Crippen molar-refractivity contribution < 1.29 is 14.4 Å². The van der Waals surface area contributed by atoms with Gasteiger partial charge in [0.2, 0.25) is 17.7 Å². The van der Waals surface area contributed by atoms with Crippen LogP contribution in [0.4, 0.5) is 0 Å². The molecule has 1 atom stereocenters. The van der Waals surface area contributed by atoms with Crippen molar-refractivity contribution in [2.45, 2.75) is 45.6 Å². The molecule has 3 amide bonds. The third kappa shape index (κ3) is 4.72. The molecule has 28 heavy (non-hydrogen) atoms.